The highest BCUT2D eigenvalue weighted by Crippen LogP contribution is 2.18. The fourth-order valence-corrected chi connectivity index (χ4v) is 3.24. The number of sulfonamides is 1. The van der Waals surface area contributed by atoms with Crippen molar-refractivity contribution in [3.05, 3.63) is 12.4 Å². The van der Waals surface area contributed by atoms with E-state index in [4.69, 9.17) is 0 Å². The van der Waals surface area contributed by atoms with Gasteiger partial charge in [0.05, 0.1) is 12.4 Å². The Morgan fingerprint density at radius 3 is 2.28 bits per heavy atom. The Morgan fingerprint density at radius 2 is 1.89 bits per heavy atom. The van der Waals surface area contributed by atoms with Crippen LogP contribution in [0, 0.1) is 0 Å². The molecule has 7 heteroatoms. The van der Waals surface area contributed by atoms with Crippen molar-refractivity contribution < 1.29 is 8.42 Å². The molecule has 18 heavy (non-hydrogen) atoms. The molecule has 1 aromatic rings. The predicted molar refractivity (Wildman–Crippen MR) is 70.9 cm³/mol. The average Bonchev–Trinajstić information content (AvgIpc) is 2.39. The van der Waals surface area contributed by atoms with Crippen LogP contribution in [0.1, 0.15) is 27.2 Å². The number of hydrogen-bond donors (Lipinski definition) is 1. The first-order valence-electron chi connectivity index (χ1n) is 5.99. The van der Waals surface area contributed by atoms with Crippen LogP contribution in [0.3, 0.4) is 0 Å². The zero-order valence-electron chi connectivity index (χ0n) is 11.2. The molecule has 0 aliphatic carbocycles. The van der Waals surface area contributed by atoms with E-state index in [2.05, 4.69) is 15.3 Å². The van der Waals surface area contributed by atoms with E-state index in [9.17, 15) is 8.42 Å². The number of aromatic nitrogens is 2. The molecule has 1 aromatic heterocycles. The van der Waals surface area contributed by atoms with Crippen LogP contribution < -0.4 is 5.32 Å². The van der Waals surface area contributed by atoms with Gasteiger partial charge in [0.2, 0.25) is 16.0 Å². The maximum atomic E-state index is 12.4. The number of nitrogens with one attached hydrogen (secondary N) is 1. The molecule has 0 radical (unpaired) electrons. The average molecular weight is 272 g/mol. The molecule has 1 N–H and O–H groups in total. The van der Waals surface area contributed by atoms with Gasteiger partial charge in [-0.2, -0.15) is 4.31 Å². The van der Waals surface area contributed by atoms with Crippen molar-refractivity contribution in [1.29, 1.82) is 0 Å². The normalized spacial score (nSPS) is 13.6. The Labute approximate surface area is 108 Å². The Hall–Kier alpha value is -1.21. The molecule has 0 saturated carbocycles. The van der Waals surface area contributed by atoms with Gasteiger partial charge in [0, 0.05) is 19.6 Å². The Balaban J connectivity index is 3.10. The van der Waals surface area contributed by atoms with E-state index in [1.165, 1.54) is 16.7 Å². The van der Waals surface area contributed by atoms with E-state index >= 15 is 0 Å². The van der Waals surface area contributed by atoms with Crippen molar-refractivity contribution in [2.24, 2.45) is 0 Å². The summed E-state index contributed by atoms with van der Waals surface area (Å²) >= 11 is 0. The molecule has 0 saturated heterocycles. The maximum Gasteiger partial charge on any atom is 0.246 e. The lowest BCUT2D eigenvalue weighted by molar-refractivity contribution is 0.342. The zero-order chi connectivity index (χ0) is 13.8. The molecular formula is C11H20N4O2S. The molecule has 1 rings (SSSR count). The van der Waals surface area contributed by atoms with Crippen LogP contribution in [0.4, 0.5) is 5.95 Å². The monoisotopic (exact) mass is 272 g/mol. The molecule has 0 aliphatic rings. The summed E-state index contributed by atoms with van der Waals surface area (Å²) in [4.78, 5) is 8.00. The van der Waals surface area contributed by atoms with Crippen molar-refractivity contribution in [1.82, 2.24) is 14.3 Å². The van der Waals surface area contributed by atoms with Crippen LogP contribution in [-0.2, 0) is 10.0 Å². The van der Waals surface area contributed by atoms with Crippen molar-refractivity contribution in [2.75, 3.05) is 18.9 Å². The molecule has 1 unspecified atom stereocenters. The number of nitrogens with zero attached hydrogens (tertiary/aromatic N) is 3. The molecule has 0 bridgehead atoms. The first-order chi connectivity index (χ1) is 8.47. The minimum absolute atomic E-state index is 0.0380. The van der Waals surface area contributed by atoms with Crippen molar-refractivity contribution >= 4 is 16.0 Å². The highest BCUT2D eigenvalue weighted by atomic mass is 32.2. The lowest BCUT2D eigenvalue weighted by Gasteiger charge is -2.25. The van der Waals surface area contributed by atoms with Crippen molar-refractivity contribution in [2.45, 2.75) is 38.1 Å². The number of rotatable bonds is 6. The summed E-state index contributed by atoms with van der Waals surface area (Å²) in [7, 11) is -1.83. The van der Waals surface area contributed by atoms with Crippen LogP contribution in [0.2, 0.25) is 0 Å². The van der Waals surface area contributed by atoms with Gasteiger partial charge >= 0.3 is 0 Å². The molecule has 0 spiro atoms. The summed E-state index contributed by atoms with van der Waals surface area (Å²) in [5, 5.41) is 2.75. The molecule has 102 valence electrons. The van der Waals surface area contributed by atoms with Crippen molar-refractivity contribution in [3.63, 3.8) is 0 Å². The SMILES string of the molecule is CCC(C)N(CC)S(=O)(=O)c1cnc(NC)nc1. The summed E-state index contributed by atoms with van der Waals surface area (Å²) in [5.41, 5.74) is 0. The van der Waals surface area contributed by atoms with Gasteiger partial charge in [-0.3, -0.25) is 0 Å². The summed E-state index contributed by atoms with van der Waals surface area (Å²) in [5.74, 6) is 0.403. The fourth-order valence-electron chi connectivity index (χ4n) is 1.64. The van der Waals surface area contributed by atoms with Gasteiger partial charge in [-0.05, 0) is 13.3 Å². The summed E-state index contributed by atoms with van der Waals surface area (Å²) in [6.07, 6.45) is 3.43. The van der Waals surface area contributed by atoms with Crippen LogP contribution >= 0.6 is 0 Å². The van der Waals surface area contributed by atoms with Gasteiger partial charge in [0.1, 0.15) is 4.90 Å². The predicted octanol–water partition coefficient (Wildman–Crippen LogP) is 1.33. The quantitative estimate of drug-likeness (QED) is 0.845. The third-order valence-electron chi connectivity index (χ3n) is 2.85. The zero-order valence-corrected chi connectivity index (χ0v) is 12.0. The molecule has 1 atom stereocenters. The molecular weight excluding hydrogens is 252 g/mol. The molecule has 1 heterocycles. The number of anilines is 1. The summed E-state index contributed by atoms with van der Waals surface area (Å²) < 4.78 is 26.2. The Kier molecular flexibility index (Phi) is 5.03. The topological polar surface area (TPSA) is 75.2 Å². The minimum Gasteiger partial charge on any atom is -0.357 e. The van der Waals surface area contributed by atoms with Crippen LogP contribution in [0.15, 0.2) is 17.3 Å². The van der Waals surface area contributed by atoms with Crippen molar-refractivity contribution in [3.8, 4) is 0 Å². The lowest BCUT2D eigenvalue weighted by atomic mass is 10.3. The standard InChI is InChI=1S/C11H20N4O2S/c1-5-9(3)15(6-2)18(16,17)10-7-13-11(12-4)14-8-10/h7-9H,5-6H2,1-4H3,(H,12,13,14). The van der Waals surface area contributed by atoms with E-state index in [0.717, 1.165) is 6.42 Å². The van der Waals surface area contributed by atoms with E-state index in [1.54, 1.807) is 7.05 Å². The second kappa shape index (κ2) is 6.10. The Morgan fingerprint density at radius 1 is 1.33 bits per heavy atom. The first kappa shape index (κ1) is 14.8. The van der Waals surface area contributed by atoms with Crippen LogP contribution in [-0.4, -0.2) is 42.3 Å². The van der Waals surface area contributed by atoms with E-state index < -0.39 is 10.0 Å². The molecule has 6 nitrogen and oxygen atoms in total. The van der Waals surface area contributed by atoms with Crippen LogP contribution in [0.25, 0.3) is 0 Å². The van der Waals surface area contributed by atoms with E-state index in [0.29, 0.717) is 12.5 Å². The van der Waals surface area contributed by atoms with Gasteiger partial charge in [-0.25, -0.2) is 18.4 Å². The third kappa shape index (κ3) is 2.97. The smallest absolute Gasteiger partial charge is 0.246 e. The Bertz CT molecular complexity index is 472. The van der Waals surface area contributed by atoms with Gasteiger partial charge < -0.3 is 5.32 Å². The van der Waals surface area contributed by atoms with E-state index in [-0.39, 0.29) is 10.9 Å². The summed E-state index contributed by atoms with van der Waals surface area (Å²) in [6, 6.07) is -0.0380. The highest BCUT2D eigenvalue weighted by molar-refractivity contribution is 7.89. The maximum absolute atomic E-state index is 12.4. The minimum atomic E-state index is -3.51. The molecule has 0 aliphatic heterocycles. The molecule has 0 amide bonds. The third-order valence-corrected chi connectivity index (χ3v) is 4.89. The van der Waals surface area contributed by atoms with E-state index in [1.807, 2.05) is 20.8 Å². The summed E-state index contributed by atoms with van der Waals surface area (Å²) in [6.45, 7) is 6.12. The van der Waals surface area contributed by atoms with Gasteiger partial charge in [-0.15, -0.1) is 0 Å². The second-order valence-electron chi connectivity index (χ2n) is 3.96. The molecule has 0 fully saturated rings. The fraction of sp³-hybridized carbons (Fsp3) is 0.636. The lowest BCUT2D eigenvalue weighted by Crippen LogP contribution is -2.38. The largest absolute Gasteiger partial charge is 0.357 e. The second-order valence-corrected chi connectivity index (χ2v) is 5.85. The van der Waals surface area contributed by atoms with Gasteiger partial charge in [0.15, 0.2) is 0 Å². The highest BCUT2D eigenvalue weighted by Gasteiger charge is 2.27. The van der Waals surface area contributed by atoms with Gasteiger partial charge in [-0.1, -0.05) is 13.8 Å². The number of hydrogen-bond acceptors (Lipinski definition) is 5. The van der Waals surface area contributed by atoms with Gasteiger partial charge in [0.25, 0.3) is 0 Å². The first-order valence-corrected chi connectivity index (χ1v) is 7.43. The van der Waals surface area contributed by atoms with Crippen LogP contribution in [0.5, 0.6) is 0 Å². The molecule has 0 aromatic carbocycles.